The molecule has 2 rings (SSSR count). The molecule has 0 aliphatic carbocycles. The van der Waals surface area contributed by atoms with Crippen LogP contribution in [0.1, 0.15) is 5.56 Å². The average Bonchev–Trinajstić information content (AvgIpc) is 2.54. The van der Waals surface area contributed by atoms with Crippen LogP contribution in [0, 0.1) is 5.82 Å². The van der Waals surface area contributed by atoms with Gasteiger partial charge in [0, 0.05) is 17.8 Å². The molecule has 8 heteroatoms. The summed E-state index contributed by atoms with van der Waals surface area (Å²) in [4.78, 5) is 11.7. The molecule has 0 fully saturated rings. The number of hydrogen-bond donors (Lipinski definition) is 2. The Kier molecular flexibility index (Phi) is 6.31. The number of rotatable bonds is 7. The maximum absolute atomic E-state index is 13.4. The zero-order valence-corrected chi connectivity index (χ0v) is 13.1. The minimum atomic E-state index is -2.97. The van der Waals surface area contributed by atoms with E-state index in [4.69, 9.17) is 11.6 Å². The summed E-state index contributed by atoms with van der Waals surface area (Å²) in [6.45, 7) is -2.99. The monoisotopic (exact) mass is 358 g/mol. The van der Waals surface area contributed by atoms with Crippen molar-refractivity contribution in [2.24, 2.45) is 0 Å². The van der Waals surface area contributed by atoms with Crippen LogP contribution >= 0.6 is 11.6 Å². The molecule has 128 valence electrons. The van der Waals surface area contributed by atoms with Crippen LogP contribution in [-0.4, -0.2) is 19.1 Å². The summed E-state index contributed by atoms with van der Waals surface area (Å²) in [6.07, 6.45) is 0. The summed E-state index contributed by atoms with van der Waals surface area (Å²) in [5.74, 6) is -0.907. The summed E-state index contributed by atoms with van der Waals surface area (Å²) in [5.41, 5.74) is 0.838. The average molecular weight is 359 g/mol. The molecule has 0 heterocycles. The van der Waals surface area contributed by atoms with Crippen molar-refractivity contribution in [1.29, 1.82) is 0 Å². The molecule has 24 heavy (non-hydrogen) atoms. The minimum absolute atomic E-state index is 0.00735. The molecule has 1 amide bonds. The largest absolute Gasteiger partial charge is 0.433 e. The Labute approximate surface area is 141 Å². The van der Waals surface area contributed by atoms with E-state index in [-0.39, 0.29) is 29.8 Å². The van der Waals surface area contributed by atoms with Gasteiger partial charge in [0.2, 0.25) is 5.91 Å². The first-order chi connectivity index (χ1) is 11.5. The summed E-state index contributed by atoms with van der Waals surface area (Å²) in [5, 5.41) is 5.34. The van der Waals surface area contributed by atoms with Crippen molar-refractivity contribution in [1.82, 2.24) is 5.32 Å². The number of halogens is 4. The lowest BCUT2D eigenvalue weighted by atomic mass is 10.2. The molecule has 0 unspecified atom stereocenters. The van der Waals surface area contributed by atoms with E-state index >= 15 is 0 Å². The Morgan fingerprint density at radius 3 is 2.62 bits per heavy atom. The van der Waals surface area contributed by atoms with Gasteiger partial charge in [-0.3, -0.25) is 4.79 Å². The molecule has 4 nitrogen and oxygen atoms in total. The number of ether oxygens (including phenoxy) is 1. The Morgan fingerprint density at radius 2 is 1.96 bits per heavy atom. The van der Waals surface area contributed by atoms with Crippen LogP contribution in [0.25, 0.3) is 0 Å². The van der Waals surface area contributed by atoms with Gasteiger partial charge in [-0.25, -0.2) is 4.39 Å². The van der Waals surface area contributed by atoms with E-state index in [0.29, 0.717) is 11.3 Å². The predicted octanol–water partition coefficient (Wildman–Crippen LogP) is 3.81. The van der Waals surface area contributed by atoms with Crippen LogP contribution in [0.2, 0.25) is 5.02 Å². The molecular formula is C16H14ClF3N2O2. The second kappa shape index (κ2) is 8.44. The highest BCUT2D eigenvalue weighted by Gasteiger charge is 2.10. The molecule has 0 spiro atoms. The SMILES string of the molecule is O=C(CNc1ccc(OC(F)F)c(Cl)c1)NCc1ccccc1F. The van der Waals surface area contributed by atoms with Gasteiger partial charge < -0.3 is 15.4 Å². The van der Waals surface area contributed by atoms with Crippen LogP contribution in [-0.2, 0) is 11.3 Å². The van der Waals surface area contributed by atoms with E-state index < -0.39 is 12.4 Å². The van der Waals surface area contributed by atoms with Gasteiger partial charge in [-0.2, -0.15) is 8.78 Å². The van der Waals surface area contributed by atoms with Gasteiger partial charge in [-0.1, -0.05) is 29.8 Å². The van der Waals surface area contributed by atoms with E-state index in [1.807, 2.05) is 0 Å². The Morgan fingerprint density at radius 1 is 1.21 bits per heavy atom. The van der Waals surface area contributed by atoms with Gasteiger partial charge in [0.1, 0.15) is 11.6 Å². The van der Waals surface area contributed by atoms with Crippen molar-refractivity contribution in [3.8, 4) is 5.75 Å². The third kappa shape index (κ3) is 5.34. The summed E-state index contributed by atoms with van der Waals surface area (Å²) in [7, 11) is 0. The number of benzene rings is 2. The van der Waals surface area contributed by atoms with E-state index in [2.05, 4.69) is 15.4 Å². The van der Waals surface area contributed by atoms with Crippen molar-refractivity contribution >= 4 is 23.2 Å². The number of amides is 1. The first-order valence-corrected chi connectivity index (χ1v) is 7.32. The van der Waals surface area contributed by atoms with Crippen LogP contribution in [0.15, 0.2) is 42.5 Å². The lowest BCUT2D eigenvalue weighted by Gasteiger charge is -2.11. The molecule has 2 aromatic rings. The minimum Gasteiger partial charge on any atom is -0.433 e. The maximum Gasteiger partial charge on any atom is 0.387 e. The number of alkyl halides is 2. The molecule has 0 aliphatic heterocycles. The molecule has 2 aromatic carbocycles. The van der Waals surface area contributed by atoms with Crippen LogP contribution in [0.3, 0.4) is 0 Å². The van der Waals surface area contributed by atoms with Gasteiger partial charge in [0.15, 0.2) is 0 Å². The fourth-order valence-electron chi connectivity index (χ4n) is 1.88. The molecule has 0 bridgehead atoms. The normalized spacial score (nSPS) is 10.5. The van der Waals surface area contributed by atoms with Gasteiger partial charge in [-0.15, -0.1) is 0 Å². The van der Waals surface area contributed by atoms with Crippen molar-refractivity contribution in [2.45, 2.75) is 13.2 Å². The number of carbonyl (C=O) groups is 1. The third-order valence-electron chi connectivity index (χ3n) is 3.03. The van der Waals surface area contributed by atoms with Gasteiger partial charge in [0.05, 0.1) is 11.6 Å². The van der Waals surface area contributed by atoms with Crippen molar-refractivity contribution in [2.75, 3.05) is 11.9 Å². The van der Waals surface area contributed by atoms with Crippen molar-refractivity contribution < 1.29 is 22.7 Å². The van der Waals surface area contributed by atoms with E-state index in [0.717, 1.165) is 0 Å². The second-order valence-electron chi connectivity index (χ2n) is 4.75. The van der Waals surface area contributed by atoms with E-state index in [1.165, 1.54) is 24.3 Å². The number of hydrogen-bond acceptors (Lipinski definition) is 3. The summed E-state index contributed by atoms with van der Waals surface area (Å²) < 4.78 is 41.9. The maximum atomic E-state index is 13.4. The quantitative estimate of drug-likeness (QED) is 0.791. The van der Waals surface area contributed by atoms with Crippen LogP contribution < -0.4 is 15.4 Å². The Balaban J connectivity index is 1.83. The first kappa shape index (κ1) is 17.9. The zero-order chi connectivity index (χ0) is 17.5. The third-order valence-corrected chi connectivity index (χ3v) is 3.33. The lowest BCUT2D eigenvalue weighted by Crippen LogP contribution is -2.29. The highest BCUT2D eigenvalue weighted by Crippen LogP contribution is 2.28. The molecule has 0 aliphatic rings. The van der Waals surface area contributed by atoms with Crippen molar-refractivity contribution in [3.05, 3.63) is 58.9 Å². The molecule has 2 N–H and O–H groups in total. The summed E-state index contributed by atoms with van der Waals surface area (Å²) >= 11 is 5.81. The fourth-order valence-corrected chi connectivity index (χ4v) is 2.11. The molecule has 0 saturated carbocycles. The van der Waals surface area contributed by atoms with Crippen molar-refractivity contribution in [3.63, 3.8) is 0 Å². The Bertz CT molecular complexity index is 713. The smallest absolute Gasteiger partial charge is 0.387 e. The second-order valence-corrected chi connectivity index (χ2v) is 5.15. The first-order valence-electron chi connectivity index (χ1n) is 6.94. The van der Waals surface area contributed by atoms with E-state index in [1.54, 1.807) is 18.2 Å². The molecular weight excluding hydrogens is 345 g/mol. The standard InChI is InChI=1S/C16H14ClF3N2O2/c17-12-7-11(5-6-14(12)24-16(19)20)21-9-15(23)22-8-10-3-1-2-4-13(10)18/h1-7,16,21H,8-9H2,(H,22,23). The number of anilines is 1. The highest BCUT2D eigenvalue weighted by atomic mass is 35.5. The molecule has 0 saturated heterocycles. The van der Waals surface area contributed by atoms with Gasteiger partial charge in [0.25, 0.3) is 0 Å². The van der Waals surface area contributed by atoms with Gasteiger partial charge in [-0.05, 0) is 24.3 Å². The molecule has 0 atom stereocenters. The van der Waals surface area contributed by atoms with Crippen LogP contribution in [0.5, 0.6) is 5.75 Å². The lowest BCUT2D eigenvalue weighted by molar-refractivity contribution is -0.119. The van der Waals surface area contributed by atoms with Crippen LogP contribution in [0.4, 0.5) is 18.9 Å². The van der Waals surface area contributed by atoms with E-state index in [9.17, 15) is 18.0 Å². The topological polar surface area (TPSA) is 50.4 Å². The van der Waals surface area contributed by atoms with Gasteiger partial charge >= 0.3 is 6.61 Å². The Hall–Kier alpha value is -2.41. The molecule has 0 radical (unpaired) electrons. The predicted molar refractivity (Wildman–Crippen MR) is 84.8 cm³/mol. The zero-order valence-electron chi connectivity index (χ0n) is 12.4. The number of carbonyl (C=O) groups excluding carboxylic acids is 1. The number of nitrogens with one attached hydrogen (secondary N) is 2. The highest BCUT2D eigenvalue weighted by molar-refractivity contribution is 6.32. The fraction of sp³-hybridized carbons (Fsp3) is 0.188. The summed E-state index contributed by atoms with van der Waals surface area (Å²) in [6, 6.07) is 10.2. The molecule has 0 aromatic heterocycles.